The largest absolute Gasteiger partial charge is 0.481 e. The van der Waals surface area contributed by atoms with Gasteiger partial charge in [-0.25, -0.2) is 0 Å². The molecule has 0 heterocycles. The van der Waals surface area contributed by atoms with Crippen molar-refractivity contribution in [2.45, 2.75) is 20.3 Å². The van der Waals surface area contributed by atoms with Crippen LogP contribution >= 0.6 is 0 Å². The highest BCUT2D eigenvalue weighted by molar-refractivity contribution is 5.69. The van der Waals surface area contributed by atoms with Crippen LogP contribution in [0.3, 0.4) is 0 Å². The molecule has 0 atom stereocenters. The molecule has 0 unspecified atom stereocenters. The van der Waals surface area contributed by atoms with Crippen LogP contribution < -0.4 is 0 Å². The second kappa shape index (κ2) is 9.90. The monoisotopic (exact) mass is 178 g/mol. The Bertz CT molecular complexity index is 120. The highest BCUT2D eigenvalue weighted by Gasteiger charge is 1.96. The maximum absolute atomic E-state index is 10.3. The summed E-state index contributed by atoms with van der Waals surface area (Å²) in [6.07, 6.45) is 0.105. The SMILES string of the molecule is CC(=O)O.CCOC(=O)CCO. The van der Waals surface area contributed by atoms with Gasteiger partial charge in [0, 0.05) is 6.92 Å². The minimum Gasteiger partial charge on any atom is -0.481 e. The van der Waals surface area contributed by atoms with E-state index >= 15 is 0 Å². The molecular formula is C7H14O5. The lowest BCUT2D eigenvalue weighted by Gasteiger charge is -1.96. The van der Waals surface area contributed by atoms with E-state index in [4.69, 9.17) is 15.0 Å². The lowest BCUT2D eigenvalue weighted by atomic mass is 10.5. The molecule has 72 valence electrons. The van der Waals surface area contributed by atoms with Crippen LogP contribution in [0.15, 0.2) is 0 Å². The van der Waals surface area contributed by atoms with E-state index < -0.39 is 5.97 Å². The zero-order chi connectivity index (χ0) is 9.98. The molecule has 0 aliphatic rings. The summed E-state index contributed by atoms with van der Waals surface area (Å²) in [6, 6.07) is 0. The van der Waals surface area contributed by atoms with Gasteiger partial charge in [-0.15, -0.1) is 0 Å². The van der Waals surface area contributed by atoms with Crippen LogP contribution in [-0.4, -0.2) is 35.4 Å². The minimum absolute atomic E-state index is 0.105. The first kappa shape index (κ1) is 13.5. The van der Waals surface area contributed by atoms with Crippen LogP contribution in [0.5, 0.6) is 0 Å². The number of carbonyl (C=O) groups is 2. The summed E-state index contributed by atoms with van der Waals surface area (Å²) in [5.41, 5.74) is 0. The molecule has 0 saturated heterocycles. The molecule has 0 spiro atoms. The Morgan fingerprint density at radius 3 is 2.08 bits per heavy atom. The van der Waals surface area contributed by atoms with Crippen LogP contribution in [0.25, 0.3) is 0 Å². The summed E-state index contributed by atoms with van der Waals surface area (Å²) in [5, 5.41) is 15.6. The van der Waals surface area contributed by atoms with Gasteiger partial charge < -0.3 is 14.9 Å². The molecule has 0 aromatic rings. The van der Waals surface area contributed by atoms with Gasteiger partial charge in [-0.2, -0.15) is 0 Å². The predicted molar refractivity (Wildman–Crippen MR) is 41.6 cm³/mol. The summed E-state index contributed by atoms with van der Waals surface area (Å²) in [5.74, 6) is -1.17. The third kappa shape index (κ3) is 23.1. The number of carbonyl (C=O) groups excluding carboxylic acids is 1. The number of rotatable bonds is 3. The number of aliphatic carboxylic acids is 1. The normalized spacial score (nSPS) is 7.92. The highest BCUT2D eigenvalue weighted by Crippen LogP contribution is 1.82. The predicted octanol–water partition coefficient (Wildman–Crippen LogP) is 0.0228. The van der Waals surface area contributed by atoms with Crippen molar-refractivity contribution in [3.63, 3.8) is 0 Å². The van der Waals surface area contributed by atoms with Crippen molar-refractivity contribution in [3.8, 4) is 0 Å². The molecule has 0 saturated carbocycles. The molecule has 5 heteroatoms. The van der Waals surface area contributed by atoms with E-state index in [1.807, 2.05) is 0 Å². The Labute approximate surface area is 71.0 Å². The fourth-order valence-electron chi connectivity index (χ4n) is 0.324. The van der Waals surface area contributed by atoms with E-state index in [1.165, 1.54) is 0 Å². The van der Waals surface area contributed by atoms with E-state index in [1.54, 1.807) is 6.92 Å². The van der Waals surface area contributed by atoms with Crippen LogP contribution in [0.2, 0.25) is 0 Å². The van der Waals surface area contributed by atoms with Crippen LogP contribution in [0, 0.1) is 0 Å². The Balaban J connectivity index is 0. The molecule has 0 radical (unpaired) electrons. The van der Waals surface area contributed by atoms with Crippen molar-refractivity contribution in [3.05, 3.63) is 0 Å². The Morgan fingerprint density at radius 1 is 1.42 bits per heavy atom. The first-order chi connectivity index (χ1) is 5.54. The van der Waals surface area contributed by atoms with E-state index in [9.17, 15) is 4.79 Å². The fraction of sp³-hybridized carbons (Fsp3) is 0.714. The maximum Gasteiger partial charge on any atom is 0.308 e. The smallest absolute Gasteiger partial charge is 0.308 e. The third-order valence-electron chi connectivity index (χ3n) is 0.621. The second-order valence-electron chi connectivity index (χ2n) is 1.80. The lowest BCUT2D eigenvalue weighted by Crippen LogP contribution is -2.05. The van der Waals surface area contributed by atoms with Gasteiger partial charge in [0.15, 0.2) is 0 Å². The molecule has 5 nitrogen and oxygen atoms in total. The summed E-state index contributed by atoms with van der Waals surface area (Å²) in [4.78, 5) is 19.3. The van der Waals surface area contributed by atoms with Gasteiger partial charge in [0.25, 0.3) is 5.97 Å². The second-order valence-corrected chi connectivity index (χ2v) is 1.80. The van der Waals surface area contributed by atoms with Gasteiger partial charge in [-0.05, 0) is 6.92 Å². The van der Waals surface area contributed by atoms with Crippen LogP contribution in [0.4, 0.5) is 0 Å². The molecule has 0 bridgehead atoms. The van der Waals surface area contributed by atoms with Crippen LogP contribution in [-0.2, 0) is 14.3 Å². The zero-order valence-electron chi connectivity index (χ0n) is 7.24. The molecule has 0 fully saturated rings. The van der Waals surface area contributed by atoms with E-state index in [2.05, 4.69) is 4.74 Å². The summed E-state index contributed by atoms with van der Waals surface area (Å²) >= 11 is 0. The van der Waals surface area contributed by atoms with Crippen LogP contribution in [0.1, 0.15) is 20.3 Å². The van der Waals surface area contributed by atoms with Crippen molar-refractivity contribution in [1.29, 1.82) is 0 Å². The molecule has 0 aliphatic carbocycles. The van der Waals surface area contributed by atoms with Gasteiger partial charge in [0.05, 0.1) is 19.6 Å². The number of aliphatic hydroxyl groups excluding tert-OH is 1. The summed E-state index contributed by atoms with van der Waals surface area (Å²) < 4.78 is 4.48. The van der Waals surface area contributed by atoms with Crippen molar-refractivity contribution in [1.82, 2.24) is 0 Å². The average molecular weight is 178 g/mol. The van der Waals surface area contributed by atoms with Gasteiger partial charge in [0.2, 0.25) is 0 Å². The summed E-state index contributed by atoms with van der Waals surface area (Å²) in [6.45, 7) is 3.08. The Morgan fingerprint density at radius 2 is 1.83 bits per heavy atom. The standard InChI is InChI=1S/C5H10O3.C2H4O2/c1-2-8-5(7)3-4-6;1-2(3)4/h6H,2-4H2,1H3;1H3,(H,3,4). The Kier molecular flexibility index (Phi) is 11.1. The quantitative estimate of drug-likeness (QED) is 0.595. The molecular weight excluding hydrogens is 164 g/mol. The fourth-order valence-corrected chi connectivity index (χ4v) is 0.324. The van der Waals surface area contributed by atoms with Crippen molar-refractivity contribution in [2.75, 3.05) is 13.2 Å². The van der Waals surface area contributed by atoms with Crippen molar-refractivity contribution < 1.29 is 24.5 Å². The average Bonchev–Trinajstić information content (AvgIpc) is 1.87. The number of hydrogen-bond acceptors (Lipinski definition) is 4. The molecule has 0 aromatic heterocycles. The van der Waals surface area contributed by atoms with E-state index in [0.717, 1.165) is 6.92 Å². The van der Waals surface area contributed by atoms with Gasteiger partial charge in [-0.3, -0.25) is 9.59 Å². The third-order valence-corrected chi connectivity index (χ3v) is 0.621. The number of aliphatic hydroxyl groups is 1. The van der Waals surface area contributed by atoms with Gasteiger partial charge in [0.1, 0.15) is 0 Å². The molecule has 2 N–H and O–H groups in total. The number of hydrogen-bond donors (Lipinski definition) is 2. The van der Waals surface area contributed by atoms with Crippen molar-refractivity contribution >= 4 is 11.9 Å². The minimum atomic E-state index is -0.833. The first-order valence-electron chi connectivity index (χ1n) is 3.50. The number of ether oxygens (including phenoxy) is 1. The number of carboxylic acids is 1. The topological polar surface area (TPSA) is 83.8 Å². The van der Waals surface area contributed by atoms with Crippen molar-refractivity contribution in [2.24, 2.45) is 0 Å². The molecule has 0 aliphatic heterocycles. The molecule has 12 heavy (non-hydrogen) atoms. The lowest BCUT2D eigenvalue weighted by molar-refractivity contribution is -0.143. The number of carboxylic acid groups (broad SMARTS) is 1. The maximum atomic E-state index is 10.3. The first-order valence-corrected chi connectivity index (χ1v) is 3.50. The zero-order valence-corrected chi connectivity index (χ0v) is 7.24. The summed E-state index contributed by atoms with van der Waals surface area (Å²) in [7, 11) is 0. The van der Waals surface area contributed by atoms with Gasteiger partial charge >= 0.3 is 5.97 Å². The molecule has 0 amide bonds. The molecule has 0 rings (SSSR count). The molecule has 0 aromatic carbocycles. The highest BCUT2D eigenvalue weighted by atomic mass is 16.5. The van der Waals surface area contributed by atoms with E-state index in [0.29, 0.717) is 6.61 Å². The van der Waals surface area contributed by atoms with Gasteiger partial charge in [-0.1, -0.05) is 0 Å². The van der Waals surface area contributed by atoms with E-state index in [-0.39, 0.29) is 19.0 Å². The Hall–Kier alpha value is -1.10. The number of esters is 1.